The van der Waals surface area contributed by atoms with Crippen LogP contribution in [0.5, 0.6) is 0 Å². The number of amides is 2. The van der Waals surface area contributed by atoms with Crippen molar-refractivity contribution in [1.29, 1.82) is 0 Å². The molecule has 2 amide bonds. The van der Waals surface area contributed by atoms with Crippen LogP contribution in [0.3, 0.4) is 0 Å². The van der Waals surface area contributed by atoms with Crippen molar-refractivity contribution in [1.82, 2.24) is 29.3 Å². The van der Waals surface area contributed by atoms with Gasteiger partial charge in [0, 0.05) is 43.3 Å². The molecule has 0 spiro atoms. The molecule has 2 aromatic heterocycles. The molecule has 9 heteroatoms. The minimum absolute atomic E-state index is 0.00272. The van der Waals surface area contributed by atoms with Gasteiger partial charge in [-0.25, -0.2) is 14.8 Å². The van der Waals surface area contributed by atoms with Gasteiger partial charge in [0.25, 0.3) is 0 Å². The summed E-state index contributed by atoms with van der Waals surface area (Å²) < 4.78 is 1.96. The number of para-hydroxylation sites is 2. The summed E-state index contributed by atoms with van der Waals surface area (Å²) in [7, 11) is 2.09. The van der Waals surface area contributed by atoms with E-state index in [0.717, 1.165) is 39.9 Å². The van der Waals surface area contributed by atoms with Crippen LogP contribution in [-0.4, -0.2) is 74.1 Å². The molecule has 2 atom stereocenters. The van der Waals surface area contributed by atoms with Crippen molar-refractivity contribution in [3.05, 3.63) is 85.3 Å². The number of carbonyl (C=O) groups is 1. The van der Waals surface area contributed by atoms with E-state index < -0.39 is 0 Å². The van der Waals surface area contributed by atoms with Crippen molar-refractivity contribution in [2.24, 2.45) is 0 Å². The molecule has 38 heavy (non-hydrogen) atoms. The van der Waals surface area contributed by atoms with Crippen LogP contribution in [0.25, 0.3) is 27.6 Å². The third-order valence-electron chi connectivity index (χ3n) is 7.29. The molecule has 3 heterocycles. The maximum Gasteiger partial charge on any atom is 0.321 e. The Morgan fingerprint density at radius 3 is 2.71 bits per heavy atom. The molecule has 0 saturated carbocycles. The van der Waals surface area contributed by atoms with Gasteiger partial charge in [-0.2, -0.15) is 4.98 Å². The van der Waals surface area contributed by atoms with Gasteiger partial charge in [0.2, 0.25) is 5.95 Å². The molecule has 1 fully saturated rings. The van der Waals surface area contributed by atoms with E-state index in [4.69, 9.17) is 4.98 Å². The second kappa shape index (κ2) is 10.1. The number of nitrogens with one attached hydrogen (secondary N) is 2. The molecule has 0 aliphatic carbocycles. The summed E-state index contributed by atoms with van der Waals surface area (Å²) in [6, 6.07) is 23.9. The van der Waals surface area contributed by atoms with Gasteiger partial charge in [0.15, 0.2) is 0 Å². The van der Waals surface area contributed by atoms with Gasteiger partial charge in [-0.1, -0.05) is 48.5 Å². The van der Waals surface area contributed by atoms with Crippen molar-refractivity contribution in [2.75, 3.05) is 37.3 Å². The van der Waals surface area contributed by atoms with E-state index in [0.29, 0.717) is 19.0 Å². The standard InChI is InChI=1S/C29H30N8O/c1-20(32-28-30-15-14-27(34-28)37-19-31-24-11-5-6-13-25(24)37)26-18-36(17-16-35(26)2)29(38)33-23-12-7-9-21-8-3-4-10-22(21)23/h3-15,19-20,26H,16-18H2,1-2H3,(H,33,38)(H,30,32,34)/t20-,26+/m0/s1. The van der Waals surface area contributed by atoms with E-state index in [2.05, 4.69) is 51.6 Å². The maximum absolute atomic E-state index is 13.3. The largest absolute Gasteiger partial charge is 0.350 e. The van der Waals surface area contributed by atoms with Crippen LogP contribution in [0.4, 0.5) is 16.4 Å². The van der Waals surface area contributed by atoms with Crippen LogP contribution in [-0.2, 0) is 0 Å². The number of hydrogen-bond donors (Lipinski definition) is 2. The Kier molecular flexibility index (Phi) is 6.35. The summed E-state index contributed by atoms with van der Waals surface area (Å²) in [5.74, 6) is 1.29. The highest BCUT2D eigenvalue weighted by Gasteiger charge is 2.31. The summed E-state index contributed by atoms with van der Waals surface area (Å²) in [4.78, 5) is 31.1. The summed E-state index contributed by atoms with van der Waals surface area (Å²) in [6.45, 7) is 4.14. The molecule has 192 valence electrons. The Hall–Kier alpha value is -4.50. The Bertz CT molecular complexity index is 1590. The van der Waals surface area contributed by atoms with Crippen LogP contribution < -0.4 is 10.6 Å². The Labute approximate surface area is 221 Å². The molecule has 0 radical (unpaired) electrons. The third-order valence-corrected chi connectivity index (χ3v) is 7.29. The van der Waals surface area contributed by atoms with Gasteiger partial charge in [-0.15, -0.1) is 0 Å². The van der Waals surface area contributed by atoms with E-state index >= 15 is 0 Å². The summed E-state index contributed by atoms with van der Waals surface area (Å²) >= 11 is 0. The van der Waals surface area contributed by atoms with E-state index in [1.54, 1.807) is 12.5 Å². The zero-order chi connectivity index (χ0) is 26.1. The highest BCUT2D eigenvalue weighted by atomic mass is 16.2. The van der Waals surface area contributed by atoms with Gasteiger partial charge in [-0.05, 0) is 43.6 Å². The average Bonchev–Trinajstić information content (AvgIpc) is 3.38. The summed E-state index contributed by atoms with van der Waals surface area (Å²) in [5.41, 5.74) is 2.73. The second-order valence-electron chi connectivity index (χ2n) is 9.73. The molecule has 3 aromatic carbocycles. The minimum Gasteiger partial charge on any atom is -0.350 e. The van der Waals surface area contributed by atoms with Gasteiger partial charge >= 0.3 is 6.03 Å². The predicted molar refractivity (Wildman–Crippen MR) is 151 cm³/mol. The lowest BCUT2D eigenvalue weighted by Gasteiger charge is -2.42. The number of piperazine rings is 1. The van der Waals surface area contributed by atoms with Gasteiger partial charge in [-0.3, -0.25) is 9.47 Å². The molecular formula is C29H30N8O. The molecule has 1 aliphatic rings. The lowest BCUT2D eigenvalue weighted by molar-refractivity contribution is 0.108. The zero-order valence-corrected chi connectivity index (χ0v) is 21.5. The average molecular weight is 507 g/mol. The fourth-order valence-electron chi connectivity index (χ4n) is 5.15. The number of aromatic nitrogens is 4. The van der Waals surface area contributed by atoms with Crippen molar-refractivity contribution >= 4 is 39.5 Å². The van der Waals surface area contributed by atoms with Crippen molar-refractivity contribution < 1.29 is 4.79 Å². The summed E-state index contributed by atoms with van der Waals surface area (Å²) in [6.07, 6.45) is 3.53. The molecule has 0 bridgehead atoms. The van der Waals surface area contributed by atoms with Crippen LogP contribution in [0.1, 0.15) is 6.92 Å². The monoisotopic (exact) mass is 506 g/mol. The van der Waals surface area contributed by atoms with Crippen LogP contribution in [0.2, 0.25) is 0 Å². The second-order valence-corrected chi connectivity index (χ2v) is 9.73. The SMILES string of the molecule is C[C@H](Nc1nccc(-n2cnc3ccccc32)n1)[C@H]1CN(C(=O)Nc2cccc3ccccc23)CCN1C. The summed E-state index contributed by atoms with van der Waals surface area (Å²) in [5, 5.41) is 8.74. The number of nitrogens with zero attached hydrogens (tertiary/aromatic N) is 6. The normalized spacial score (nSPS) is 17.0. The molecule has 2 N–H and O–H groups in total. The highest BCUT2D eigenvalue weighted by molar-refractivity contribution is 6.01. The smallest absolute Gasteiger partial charge is 0.321 e. The minimum atomic E-state index is -0.0862. The number of benzene rings is 3. The van der Waals surface area contributed by atoms with E-state index in [1.165, 1.54) is 0 Å². The van der Waals surface area contributed by atoms with Crippen LogP contribution in [0, 0.1) is 0 Å². The fourth-order valence-corrected chi connectivity index (χ4v) is 5.15. The highest BCUT2D eigenvalue weighted by Crippen LogP contribution is 2.24. The van der Waals surface area contributed by atoms with Crippen molar-refractivity contribution in [3.8, 4) is 5.82 Å². The van der Waals surface area contributed by atoms with E-state index in [1.807, 2.05) is 70.1 Å². The van der Waals surface area contributed by atoms with Crippen LogP contribution >= 0.6 is 0 Å². The molecule has 0 unspecified atom stereocenters. The third kappa shape index (κ3) is 4.64. The number of urea groups is 1. The molecule has 1 aliphatic heterocycles. The van der Waals surface area contributed by atoms with Crippen molar-refractivity contribution in [3.63, 3.8) is 0 Å². The van der Waals surface area contributed by atoms with Crippen LogP contribution in [0.15, 0.2) is 85.3 Å². The Morgan fingerprint density at radius 1 is 0.974 bits per heavy atom. The lowest BCUT2D eigenvalue weighted by atomic mass is 10.1. The van der Waals surface area contributed by atoms with Gasteiger partial charge < -0.3 is 15.5 Å². The number of rotatable bonds is 5. The molecule has 9 nitrogen and oxygen atoms in total. The maximum atomic E-state index is 13.3. The first-order valence-corrected chi connectivity index (χ1v) is 12.8. The van der Waals surface area contributed by atoms with Gasteiger partial charge in [0.1, 0.15) is 12.1 Å². The first-order chi connectivity index (χ1) is 18.6. The number of anilines is 2. The fraction of sp³-hybridized carbons (Fsp3) is 0.241. The molecule has 1 saturated heterocycles. The topological polar surface area (TPSA) is 91.2 Å². The quantitative estimate of drug-likeness (QED) is 0.362. The first kappa shape index (κ1) is 23.9. The molecule has 5 aromatic rings. The molecule has 6 rings (SSSR count). The predicted octanol–water partition coefficient (Wildman–Crippen LogP) is 4.62. The van der Waals surface area contributed by atoms with E-state index in [9.17, 15) is 4.79 Å². The van der Waals surface area contributed by atoms with Gasteiger partial charge in [0.05, 0.1) is 16.7 Å². The Balaban J connectivity index is 1.16. The van der Waals surface area contributed by atoms with E-state index in [-0.39, 0.29) is 18.1 Å². The number of fused-ring (bicyclic) bond motifs is 2. The van der Waals surface area contributed by atoms with Crippen molar-refractivity contribution in [2.45, 2.75) is 19.0 Å². The number of hydrogen-bond acceptors (Lipinski definition) is 6. The number of likely N-dealkylation sites (N-methyl/N-ethyl adjacent to an activating group) is 1. The zero-order valence-electron chi connectivity index (χ0n) is 21.5. The lowest BCUT2D eigenvalue weighted by Crippen LogP contribution is -2.59. The number of carbonyl (C=O) groups excluding carboxylic acids is 1. The molecular weight excluding hydrogens is 476 g/mol. The number of imidazole rings is 1. The Morgan fingerprint density at radius 2 is 1.79 bits per heavy atom. The first-order valence-electron chi connectivity index (χ1n) is 12.8.